The third-order valence-electron chi connectivity index (χ3n) is 4.80. The molecule has 2 saturated carbocycles. The predicted molar refractivity (Wildman–Crippen MR) is 75.6 cm³/mol. The zero-order valence-corrected chi connectivity index (χ0v) is 11.7. The Labute approximate surface area is 116 Å². The molecule has 4 nitrogen and oxygen atoms in total. The van der Waals surface area contributed by atoms with Gasteiger partial charge in [0.1, 0.15) is 0 Å². The van der Waals surface area contributed by atoms with E-state index in [2.05, 4.69) is 11.9 Å². The highest BCUT2D eigenvalue weighted by Crippen LogP contribution is 2.53. The SMILES string of the molecule is CC1C2CCC(C2)C1/C=C(\C(=O)O)c1csc(N)n1. The number of carboxylic acid groups (broad SMARTS) is 1. The zero-order valence-electron chi connectivity index (χ0n) is 10.9. The molecule has 4 atom stereocenters. The fraction of sp³-hybridized carbons (Fsp3) is 0.571. The van der Waals surface area contributed by atoms with Gasteiger partial charge in [0.25, 0.3) is 0 Å². The molecule has 0 amide bonds. The largest absolute Gasteiger partial charge is 0.478 e. The lowest BCUT2D eigenvalue weighted by atomic mass is 9.79. The Morgan fingerprint density at radius 2 is 2.26 bits per heavy atom. The van der Waals surface area contributed by atoms with Crippen LogP contribution >= 0.6 is 11.3 Å². The van der Waals surface area contributed by atoms with E-state index in [1.165, 1.54) is 30.6 Å². The normalized spacial score (nSPS) is 33.8. The first-order valence-corrected chi connectivity index (χ1v) is 7.60. The number of aromatic nitrogens is 1. The van der Waals surface area contributed by atoms with Crippen molar-refractivity contribution in [2.75, 3.05) is 5.73 Å². The number of rotatable bonds is 3. The lowest BCUT2D eigenvalue weighted by Crippen LogP contribution is -2.19. The second-order valence-electron chi connectivity index (χ2n) is 5.73. The molecule has 2 fully saturated rings. The van der Waals surface area contributed by atoms with E-state index in [1.54, 1.807) is 5.38 Å². The molecule has 0 saturated heterocycles. The molecular formula is C14H18N2O2S. The van der Waals surface area contributed by atoms with Crippen molar-refractivity contribution in [3.63, 3.8) is 0 Å². The smallest absolute Gasteiger partial charge is 0.337 e. The van der Waals surface area contributed by atoms with Gasteiger partial charge in [0.05, 0.1) is 11.3 Å². The summed E-state index contributed by atoms with van der Waals surface area (Å²) >= 11 is 1.29. The molecule has 1 aromatic rings. The van der Waals surface area contributed by atoms with Crippen molar-refractivity contribution < 1.29 is 9.90 Å². The van der Waals surface area contributed by atoms with Crippen LogP contribution in [0, 0.1) is 23.7 Å². The Bertz CT molecular complexity index is 535. The van der Waals surface area contributed by atoms with Crippen LogP contribution in [-0.2, 0) is 4.79 Å². The summed E-state index contributed by atoms with van der Waals surface area (Å²) in [5.41, 5.74) is 6.42. The summed E-state index contributed by atoms with van der Waals surface area (Å²) in [6.45, 7) is 2.25. The van der Waals surface area contributed by atoms with Crippen LogP contribution in [-0.4, -0.2) is 16.1 Å². The van der Waals surface area contributed by atoms with E-state index in [0.717, 1.165) is 5.92 Å². The summed E-state index contributed by atoms with van der Waals surface area (Å²) in [7, 11) is 0. The monoisotopic (exact) mass is 278 g/mol. The second-order valence-corrected chi connectivity index (χ2v) is 6.62. The van der Waals surface area contributed by atoms with E-state index in [1.807, 2.05) is 6.08 Å². The Hall–Kier alpha value is -1.36. The van der Waals surface area contributed by atoms with Crippen molar-refractivity contribution in [1.29, 1.82) is 0 Å². The Morgan fingerprint density at radius 3 is 2.79 bits per heavy atom. The molecule has 2 aliphatic carbocycles. The minimum Gasteiger partial charge on any atom is -0.478 e. The average Bonchev–Trinajstić information content (AvgIpc) is 3.03. The summed E-state index contributed by atoms with van der Waals surface area (Å²) in [6, 6.07) is 0. The molecule has 3 rings (SSSR count). The van der Waals surface area contributed by atoms with Gasteiger partial charge in [0.15, 0.2) is 5.13 Å². The van der Waals surface area contributed by atoms with Gasteiger partial charge in [-0.25, -0.2) is 9.78 Å². The van der Waals surface area contributed by atoms with Gasteiger partial charge in [-0.1, -0.05) is 13.0 Å². The van der Waals surface area contributed by atoms with Crippen LogP contribution in [0.4, 0.5) is 5.13 Å². The van der Waals surface area contributed by atoms with E-state index < -0.39 is 5.97 Å². The highest BCUT2D eigenvalue weighted by atomic mass is 32.1. The van der Waals surface area contributed by atoms with Crippen LogP contribution in [0.2, 0.25) is 0 Å². The molecule has 19 heavy (non-hydrogen) atoms. The lowest BCUT2D eigenvalue weighted by molar-refractivity contribution is -0.130. The topological polar surface area (TPSA) is 76.2 Å². The van der Waals surface area contributed by atoms with E-state index in [9.17, 15) is 9.90 Å². The second kappa shape index (κ2) is 4.63. The minimum atomic E-state index is -0.903. The first-order chi connectivity index (χ1) is 9.06. The molecule has 0 radical (unpaired) electrons. The van der Waals surface area contributed by atoms with Gasteiger partial charge < -0.3 is 10.8 Å². The average molecular weight is 278 g/mol. The number of allylic oxidation sites excluding steroid dienone is 1. The van der Waals surface area contributed by atoms with Gasteiger partial charge >= 0.3 is 5.97 Å². The molecule has 2 bridgehead atoms. The molecule has 1 heterocycles. The molecule has 1 aromatic heterocycles. The molecule has 5 heteroatoms. The van der Waals surface area contributed by atoms with Crippen molar-refractivity contribution in [1.82, 2.24) is 4.98 Å². The quantitative estimate of drug-likeness (QED) is 0.834. The summed E-state index contributed by atoms with van der Waals surface area (Å²) in [6.07, 6.45) is 5.74. The molecule has 102 valence electrons. The minimum absolute atomic E-state index is 0.317. The van der Waals surface area contributed by atoms with E-state index in [4.69, 9.17) is 5.73 Å². The molecule has 0 aliphatic heterocycles. The molecular weight excluding hydrogens is 260 g/mol. The summed E-state index contributed by atoms with van der Waals surface area (Å²) in [5, 5.41) is 11.6. The molecule has 2 aliphatic rings. The third-order valence-corrected chi connectivity index (χ3v) is 5.47. The number of nitrogen functional groups attached to an aromatic ring is 1. The zero-order chi connectivity index (χ0) is 13.6. The maximum Gasteiger partial charge on any atom is 0.337 e. The van der Waals surface area contributed by atoms with Gasteiger partial charge in [0, 0.05) is 5.38 Å². The lowest BCUT2D eigenvalue weighted by Gasteiger charge is -2.26. The van der Waals surface area contributed by atoms with Crippen LogP contribution < -0.4 is 5.73 Å². The van der Waals surface area contributed by atoms with Crippen molar-refractivity contribution in [2.45, 2.75) is 26.2 Å². The molecule has 3 N–H and O–H groups in total. The van der Waals surface area contributed by atoms with Crippen molar-refractivity contribution in [2.24, 2.45) is 23.7 Å². The van der Waals surface area contributed by atoms with E-state index in [-0.39, 0.29) is 0 Å². The van der Waals surface area contributed by atoms with Gasteiger partial charge in [-0.15, -0.1) is 11.3 Å². The number of fused-ring (bicyclic) bond motifs is 2. The first-order valence-electron chi connectivity index (χ1n) is 6.72. The molecule has 0 aromatic carbocycles. The van der Waals surface area contributed by atoms with Crippen LogP contribution in [0.1, 0.15) is 31.9 Å². The number of nitrogens with two attached hydrogens (primary N) is 1. The fourth-order valence-electron chi connectivity index (χ4n) is 3.78. The van der Waals surface area contributed by atoms with Gasteiger partial charge in [-0.05, 0) is 42.9 Å². The van der Waals surface area contributed by atoms with Crippen LogP contribution in [0.25, 0.3) is 5.57 Å². The predicted octanol–water partition coefficient (Wildman–Crippen LogP) is 2.88. The summed E-state index contributed by atoms with van der Waals surface area (Å²) in [5.74, 6) is 1.50. The number of aliphatic carboxylic acids is 1. The highest BCUT2D eigenvalue weighted by molar-refractivity contribution is 7.13. The molecule has 0 spiro atoms. The first kappa shape index (κ1) is 12.7. The third kappa shape index (κ3) is 2.16. The number of hydrogen-bond acceptors (Lipinski definition) is 4. The van der Waals surface area contributed by atoms with E-state index >= 15 is 0 Å². The van der Waals surface area contributed by atoms with Gasteiger partial charge in [-0.3, -0.25) is 0 Å². The fourth-order valence-corrected chi connectivity index (χ4v) is 4.34. The van der Waals surface area contributed by atoms with Crippen LogP contribution in [0.5, 0.6) is 0 Å². The summed E-state index contributed by atoms with van der Waals surface area (Å²) in [4.78, 5) is 15.6. The maximum absolute atomic E-state index is 11.5. The number of carboxylic acids is 1. The number of carbonyl (C=O) groups is 1. The van der Waals surface area contributed by atoms with Crippen LogP contribution in [0.15, 0.2) is 11.5 Å². The van der Waals surface area contributed by atoms with Gasteiger partial charge in [-0.2, -0.15) is 0 Å². The number of thiazole rings is 1. The van der Waals surface area contributed by atoms with E-state index in [0.29, 0.717) is 34.2 Å². The van der Waals surface area contributed by atoms with Gasteiger partial charge in [0.2, 0.25) is 0 Å². The number of anilines is 1. The summed E-state index contributed by atoms with van der Waals surface area (Å²) < 4.78 is 0. The number of hydrogen-bond donors (Lipinski definition) is 2. The van der Waals surface area contributed by atoms with Crippen molar-refractivity contribution >= 4 is 28.0 Å². The molecule has 4 unspecified atom stereocenters. The Kier molecular flexibility index (Phi) is 3.09. The highest BCUT2D eigenvalue weighted by Gasteiger charge is 2.44. The van der Waals surface area contributed by atoms with Crippen molar-refractivity contribution in [3.8, 4) is 0 Å². The Morgan fingerprint density at radius 1 is 1.53 bits per heavy atom. The standard InChI is InChI=1S/C14H18N2O2S/c1-7-8-2-3-9(4-8)10(7)5-11(13(17)18)12-6-19-14(15)16-12/h5-10H,2-4H2,1H3,(H2,15,16)(H,17,18)/b11-5-. The van der Waals surface area contributed by atoms with Crippen LogP contribution in [0.3, 0.4) is 0 Å². The maximum atomic E-state index is 11.5. The Balaban J connectivity index is 1.92. The van der Waals surface area contributed by atoms with Crippen molar-refractivity contribution in [3.05, 3.63) is 17.2 Å². The number of nitrogens with zero attached hydrogens (tertiary/aromatic N) is 1.